The van der Waals surface area contributed by atoms with Crippen LogP contribution in [0.5, 0.6) is 0 Å². The molecule has 2 aromatic carbocycles. The molecule has 3 unspecified atom stereocenters. The zero-order valence-corrected chi connectivity index (χ0v) is 18.5. The third-order valence-corrected chi connectivity index (χ3v) is 6.29. The maximum absolute atomic E-state index is 12.7. The van der Waals surface area contributed by atoms with E-state index < -0.39 is 17.8 Å². The maximum atomic E-state index is 12.7. The van der Waals surface area contributed by atoms with Gasteiger partial charge in [0.1, 0.15) is 0 Å². The molecule has 6 nitrogen and oxygen atoms in total. The Balaban J connectivity index is 1.61. The van der Waals surface area contributed by atoms with Gasteiger partial charge in [-0.15, -0.1) is 11.8 Å². The van der Waals surface area contributed by atoms with Crippen molar-refractivity contribution in [3.8, 4) is 0 Å². The molecule has 0 bridgehead atoms. The fraction of sp³-hybridized carbons (Fsp3) is 0.261. The molecule has 31 heavy (non-hydrogen) atoms. The summed E-state index contributed by atoms with van der Waals surface area (Å²) in [6.07, 6.45) is 4.40. The number of hydrogen-bond donors (Lipinski definition) is 3. The predicted octanol–water partition coefficient (Wildman–Crippen LogP) is 5.06. The molecular formula is C23H23ClN2O4S. The Labute approximate surface area is 190 Å². The number of carboxylic acids is 1. The molecule has 8 heteroatoms. The second kappa shape index (κ2) is 10.5. The van der Waals surface area contributed by atoms with Gasteiger partial charge in [0.25, 0.3) is 0 Å². The first-order valence-corrected chi connectivity index (χ1v) is 11.1. The Bertz CT molecular complexity index is 1010. The minimum Gasteiger partial charge on any atom is -0.481 e. The van der Waals surface area contributed by atoms with E-state index >= 15 is 0 Å². The predicted molar refractivity (Wildman–Crippen MR) is 123 cm³/mol. The van der Waals surface area contributed by atoms with Crippen LogP contribution < -0.4 is 10.6 Å². The van der Waals surface area contributed by atoms with E-state index in [9.17, 15) is 19.5 Å². The molecule has 1 aliphatic rings. The largest absolute Gasteiger partial charge is 0.481 e. The van der Waals surface area contributed by atoms with Crippen molar-refractivity contribution in [1.29, 1.82) is 0 Å². The highest BCUT2D eigenvalue weighted by Gasteiger charge is 2.34. The molecule has 0 radical (unpaired) electrons. The molecule has 3 atom stereocenters. The first-order valence-electron chi connectivity index (χ1n) is 9.85. The Hall–Kier alpha value is -2.77. The van der Waals surface area contributed by atoms with Crippen molar-refractivity contribution < 1.29 is 19.5 Å². The molecule has 0 saturated heterocycles. The van der Waals surface area contributed by atoms with Crippen molar-refractivity contribution in [2.75, 3.05) is 10.6 Å². The van der Waals surface area contributed by atoms with Crippen LogP contribution >= 0.6 is 23.4 Å². The Morgan fingerprint density at radius 1 is 1.00 bits per heavy atom. The van der Waals surface area contributed by atoms with Crippen molar-refractivity contribution in [3.63, 3.8) is 0 Å². The van der Waals surface area contributed by atoms with Gasteiger partial charge in [-0.25, -0.2) is 0 Å². The lowest BCUT2D eigenvalue weighted by Gasteiger charge is -2.24. The molecule has 2 aromatic rings. The van der Waals surface area contributed by atoms with Crippen LogP contribution in [0.25, 0.3) is 0 Å². The second-order valence-corrected chi connectivity index (χ2v) is 9.12. The van der Waals surface area contributed by atoms with Crippen molar-refractivity contribution >= 4 is 52.5 Å². The van der Waals surface area contributed by atoms with Gasteiger partial charge in [0.05, 0.1) is 17.1 Å². The molecule has 162 valence electrons. The summed E-state index contributed by atoms with van der Waals surface area (Å²) in [6, 6.07) is 14.1. The van der Waals surface area contributed by atoms with E-state index in [1.54, 1.807) is 55.5 Å². The number of carbonyl (C=O) groups excluding carboxylic acids is 2. The summed E-state index contributed by atoms with van der Waals surface area (Å²) in [4.78, 5) is 37.4. The Morgan fingerprint density at radius 2 is 1.65 bits per heavy atom. The van der Waals surface area contributed by atoms with Gasteiger partial charge >= 0.3 is 5.97 Å². The molecule has 0 heterocycles. The highest BCUT2D eigenvalue weighted by molar-refractivity contribution is 8.00. The number of benzene rings is 2. The van der Waals surface area contributed by atoms with Crippen LogP contribution in [0.1, 0.15) is 19.8 Å². The highest BCUT2D eigenvalue weighted by atomic mass is 35.5. The number of allylic oxidation sites excluding steroid dienone is 2. The fourth-order valence-corrected chi connectivity index (χ4v) is 4.44. The molecule has 3 N–H and O–H groups in total. The average Bonchev–Trinajstić information content (AvgIpc) is 2.74. The summed E-state index contributed by atoms with van der Waals surface area (Å²) in [7, 11) is 0. The monoisotopic (exact) mass is 458 g/mol. The van der Waals surface area contributed by atoms with Crippen LogP contribution in [-0.4, -0.2) is 28.1 Å². The van der Waals surface area contributed by atoms with Gasteiger partial charge in [-0.2, -0.15) is 0 Å². The van der Waals surface area contributed by atoms with E-state index in [2.05, 4.69) is 10.6 Å². The molecule has 2 amide bonds. The zero-order valence-electron chi connectivity index (χ0n) is 16.9. The van der Waals surface area contributed by atoms with Gasteiger partial charge in [-0.05, 0) is 56.2 Å². The molecule has 0 fully saturated rings. The van der Waals surface area contributed by atoms with Crippen molar-refractivity contribution in [1.82, 2.24) is 0 Å². The van der Waals surface area contributed by atoms with Crippen LogP contribution in [0.2, 0.25) is 5.02 Å². The first-order chi connectivity index (χ1) is 14.8. The number of thioether (sulfide) groups is 1. The number of anilines is 2. The number of carboxylic acid groups (broad SMARTS) is 1. The quantitative estimate of drug-likeness (QED) is 0.398. The molecule has 0 spiro atoms. The Morgan fingerprint density at radius 3 is 2.32 bits per heavy atom. The van der Waals surface area contributed by atoms with Crippen molar-refractivity contribution in [3.05, 3.63) is 65.7 Å². The van der Waals surface area contributed by atoms with E-state index in [4.69, 9.17) is 11.6 Å². The van der Waals surface area contributed by atoms with E-state index in [1.165, 1.54) is 11.8 Å². The van der Waals surface area contributed by atoms with Crippen molar-refractivity contribution in [2.24, 2.45) is 11.8 Å². The van der Waals surface area contributed by atoms with Crippen LogP contribution in [-0.2, 0) is 14.4 Å². The summed E-state index contributed by atoms with van der Waals surface area (Å²) < 4.78 is 0. The number of carbonyl (C=O) groups is 3. The van der Waals surface area contributed by atoms with Gasteiger partial charge in [-0.1, -0.05) is 35.9 Å². The number of hydrogen-bond acceptors (Lipinski definition) is 4. The highest BCUT2D eigenvalue weighted by Crippen LogP contribution is 2.30. The molecule has 0 aliphatic heterocycles. The van der Waals surface area contributed by atoms with Crippen LogP contribution in [0.4, 0.5) is 11.4 Å². The lowest BCUT2D eigenvalue weighted by molar-refractivity contribution is -0.146. The lowest BCUT2D eigenvalue weighted by Crippen LogP contribution is -2.34. The number of aliphatic carboxylic acids is 1. The molecule has 0 aromatic heterocycles. The van der Waals surface area contributed by atoms with Gasteiger partial charge < -0.3 is 15.7 Å². The number of rotatable bonds is 7. The van der Waals surface area contributed by atoms with Gasteiger partial charge in [0.15, 0.2) is 0 Å². The topological polar surface area (TPSA) is 95.5 Å². The minimum atomic E-state index is -0.964. The summed E-state index contributed by atoms with van der Waals surface area (Å²) in [5, 5.41) is 15.2. The summed E-state index contributed by atoms with van der Waals surface area (Å²) in [5.41, 5.74) is 1.19. The average molecular weight is 459 g/mol. The van der Waals surface area contributed by atoms with Crippen LogP contribution in [0, 0.1) is 11.8 Å². The number of amides is 2. The Kier molecular flexibility index (Phi) is 7.76. The standard InChI is InChI=1S/C23H23ClN2O4S/c1-14(21(27)25-16-7-4-6-15(24)12-16)31-18-9-5-8-17(13-18)26-22(28)19-10-2-3-11-20(19)23(29)30/h2-9,12-14,19-20H,10-11H2,1H3,(H,25,27)(H,26,28)(H,29,30). The van der Waals surface area contributed by atoms with Crippen LogP contribution in [0.15, 0.2) is 65.6 Å². The van der Waals surface area contributed by atoms with E-state index in [-0.39, 0.29) is 17.1 Å². The molecule has 3 rings (SSSR count). The summed E-state index contributed by atoms with van der Waals surface area (Å²) in [6.45, 7) is 1.79. The third-order valence-electron chi connectivity index (χ3n) is 4.96. The molecule has 0 saturated carbocycles. The second-order valence-electron chi connectivity index (χ2n) is 7.27. The first kappa shape index (κ1) is 22.9. The molecular weight excluding hydrogens is 436 g/mol. The summed E-state index contributed by atoms with van der Waals surface area (Å²) in [5.74, 6) is -2.78. The fourth-order valence-electron chi connectivity index (χ4n) is 3.33. The normalized spacial score (nSPS) is 18.8. The number of nitrogens with one attached hydrogen (secondary N) is 2. The maximum Gasteiger partial charge on any atom is 0.307 e. The van der Waals surface area contributed by atoms with Crippen molar-refractivity contribution in [2.45, 2.75) is 29.9 Å². The van der Waals surface area contributed by atoms with E-state index in [0.29, 0.717) is 29.2 Å². The van der Waals surface area contributed by atoms with Gasteiger partial charge in [-0.3, -0.25) is 14.4 Å². The van der Waals surface area contributed by atoms with Gasteiger partial charge in [0.2, 0.25) is 11.8 Å². The number of halogens is 1. The van der Waals surface area contributed by atoms with Gasteiger partial charge in [0, 0.05) is 21.3 Å². The SMILES string of the molecule is CC(Sc1cccc(NC(=O)C2CC=CCC2C(=O)O)c1)C(=O)Nc1cccc(Cl)c1. The van der Waals surface area contributed by atoms with Crippen LogP contribution in [0.3, 0.4) is 0 Å². The third kappa shape index (κ3) is 6.35. The zero-order chi connectivity index (χ0) is 22.4. The summed E-state index contributed by atoms with van der Waals surface area (Å²) >= 11 is 7.31. The van der Waals surface area contributed by atoms with E-state index in [0.717, 1.165) is 4.90 Å². The smallest absolute Gasteiger partial charge is 0.307 e. The minimum absolute atomic E-state index is 0.167. The lowest BCUT2D eigenvalue weighted by atomic mass is 9.82. The molecule has 1 aliphatic carbocycles. The van der Waals surface area contributed by atoms with E-state index in [1.807, 2.05) is 12.1 Å².